The fourth-order valence-corrected chi connectivity index (χ4v) is 4.60. The summed E-state index contributed by atoms with van der Waals surface area (Å²) in [5.74, 6) is 1.85. The highest BCUT2D eigenvalue weighted by molar-refractivity contribution is 7.99. The molecule has 1 amide bonds. The van der Waals surface area contributed by atoms with Crippen LogP contribution in [0.2, 0.25) is 0 Å². The zero-order valence-corrected chi connectivity index (χ0v) is 14.7. The summed E-state index contributed by atoms with van der Waals surface area (Å²) in [6, 6.07) is 8.45. The third-order valence-corrected chi connectivity index (χ3v) is 6.09. The molecule has 6 heteroatoms. The first-order chi connectivity index (χ1) is 11.8. The topological polar surface area (TPSA) is 69.0 Å². The molecule has 3 unspecified atom stereocenters. The molecule has 1 saturated carbocycles. The van der Waals surface area contributed by atoms with Crippen LogP contribution in [-0.2, 0) is 4.79 Å². The second kappa shape index (κ2) is 8.50. The van der Waals surface area contributed by atoms with Crippen LogP contribution in [0.4, 0.5) is 0 Å². The van der Waals surface area contributed by atoms with E-state index < -0.39 is 0 Å². The number of thioether (sulfide) groups is 1. The molecule has 5 nitrogen and oxygen atoms in total. The van der Waals surface area contributed by atoms with E-state index in [9.17, 15) is 4.79 Å². The molecule has 0 radical (unpaired) electrons. The van der Waals surface area contributed by atoms with Crippen LogP contribution in [0.3, 0.4) is 0 Å². The quantitative estimate of drug-likeness (QED) is 0.803. The molecule has 2 heterocycles. The van der Waals surface area contributed by atoms with Gasteiger partial charge in [-0.1, -0.05) is 6.07 Å². The van der Waals surface area contributed by atoms with Crippen molar-refractivity contribution in [3.63, 3.8) is 0 Å². The maximum atomic E-state index is 12.3. The number of rotatable bonds is 6. The second-order valence-corrected chi connectivity index (χ2v) is 7.65. The maximum Gasteiger partial charge on any atom is 0.237 e. The maximum absolute atomic E-state index is 12.3. The molecule has 24 heavy (non-hydrogen) atoms. The van der Waals surface area contributed by atoms with Gasteiger partial charge in [0.05, 0.1) is 17.6 Å². The van der Waals surface area contributed by atoms with E-state index in [4.69, 9.17) is 5.26 Å². The SMILES string of the molecule is N#CC1CCCN1C(=O)CNC1CCC(CSc2ccccn2)C1. The summed E-state index contributed by atoms with van der Waals surface area (Å²) in [5.41, 5.74) is 0. The van der Waals surface area contributed by atoms with Crippen LogP contribution in [-0.4, -0.2) is 46.7 Å². The number of carbonyl (C=O) groups excluding carboxylic acids is 1. The van der Waals surface area contributed by atoms with Gasteiger partial charge >= 0.3 is 0 Å². The first-order valence-corrected chi connectivity index (χ1v) is 9.71. The van der Waals surface area contributed by atoms with Gasteiger partial charge in [-0.2, -0.15) is 5.26 Å². The first-order valence-electron chi connectivity index (χ1n) is 8.72. The Kier molecular flexibility index (Phi) is 6.11. The van der Waals surface area contributed by atoms with Crippen molar-refractivity contribution in [3.05, 3.63) is 24.4 Å². The summed E-state index contributed by atoms with van der Waals surface area (Å²) < 4.78 is 0. The lowest BCUT2D eigenvalue weighted by Crippen LogP contribution is -2.42. The monoisotopic (exact) mass is 344 g/mol. The van der Waals surface area contributed by atoms with Crippen LogP contribution >= 0.6 is 11.8 Å². The van der Waals surface area contributed by atoms with Crippen LogP contribution in [0.25, 0.3) is 0 Å². The highest BCUT2D eigenvalue weighted by Crippen LogP contribution is 2.30. The molecule has 1 aliphatic heterocycles. The van der Waals surface area contributed by atoms with Gasteiger partial charge in [-0.15, -0.1) is 11.8 Å². The zero-order chi connectivity index (χ0) is 16.8. The Morgan fingerprint density at radius 1 is 1.42 bits per heavy atom. The summed E-state index contributed by atoms with van der Waals surface area (Å²) in [6.45, 7) is 1.09. The van der Waals surface area contributed by atoms with E-state index in [1.807, 2.05) is 30.1 Å². The third kappa shape index (κ3) is 4.49. The number of hydrogen-bond donors (Lipinski definition) is 1. The van der Waals surface area contributed by atoms with Gasteiger partial charge in [0.2, 0.25) is 5.91 Å². The average molecular weight is 344 g/mol. The number of nitrogens with zero attached hydrogens (tertiary/aromatic N) is 3. The van der Waals surface area contributed by atoms with Crippen LogP contribution in [0, 0.1) is 17.2 Å². The van der Waals surface area contributed by atoms with Crippen LogP contribution < -0.4 is 5.32 Å². The van der Waals surface area contributed by atoms with Crippen molar-refractivity contribution >= 4 is 17.7 Å². The standard InChI is InChI=1S/C18H24N4OS/c19-11-16-4-3-9-22(16)18(23)12-21-15-7-6-14(10-15)13-24-17-5-1-2-8-20-17/h1-2,5,8,14-16,21H,3-4,6-7,9-10,12-13H2. The molecule has 1 N–H and O–H groups in total. The van der Waals surface area contributed by atoms with Crippen LogP contribution in [0.5, 0.6) is 0 Å². The first kappa shape index (κ1) is 17.2. The second-order valence-electron chi connectivity index (χ2n) is 6.61. The summed E-state index contributed by atoms with van der Waals surface area (Å²) in [6.07, 6.45) is 7.05. The van der Waals surface area contributed by atoms with Gasteiger partial charge in [0.1, 0.15) is 6.04 Å². The number of nitrogens with one attached hydrogen (secondary N) is 1. The van der Waals surface area contributed by atoms with Crippen LogP contribution in [0.1, 0.15) is 32.1 Å². The van der Waals surface area contributed by atoms with E-state index in [1.54, 1.807) is 4.90 Å². The molecule has 1 aliphatic carbocycles. The summed E-state index contributed by atoms with van der Waals surface area (Å²) in [7, 11) is 0. The van der Waals surface area contributed by atoms with Gasteiger partial charge in [-0.3, -0.25) is 4.79 Å². The average Bonchev–Trinajstić information content (AvgIpc) is 3.28. The molecule has 128 valence electrons. The van der Waals surface area contributed by atoms with Crippen molar-refractivity contribution in [1.82, 2.24) is 15.2 Å². The Balaban J connectivity index is 1.37. The summed E-state index contributed by atoms with van der Waals surface area (Å²) in [4.78, 5) is 18.3. The number of hydrogen-bond acceptors (Lipinski definition) is 5. The van der Waals surface area contributed by atoms with Crippen molar-refractivity contribution in [3.8, 4) is 6.07 Å². The molecule has 3 rings (SSSR count). The van der Waals surface area contributed by atoms with Gasteiger partial charge in [0.15, 0.2) is 0 Å². The Morgan fingerprint density at radius 3 is 3.12 bits per heavy atom. The molecule has 3 atom stereocenters. The third-order valence-electron chi connectivity index (χ3n) is 4.91. The highest BCUT2D eigenvalue weighted by Gasteiger charge is 2.30. The minimum absolute atomic E-state index is 0.0744. The van der Waals surface area contributed by atoms with Crippen molar-refractivity contribution in [2.75, 3.05) is 18.8 Å². The molecule has 0 aromatic carbocycles. The van der Waals surface area contributed by atoms with E-state index in [0.717, 1.165) is 43.0 Å². The number of likely N-dealkylation sites (tertiary alicyclic amines) is 1. The predicted octanol–water partition coefficient (Wildman–Crippen LogP) is 2.45. The van der Waals surface area contributed by atoms with Crippen molar-refractivity contribution < 1.29 is 4.79 Å². The van der Waals surface area contributed by atoms with Gasteiger partial charge < -0.3 is 10.2 Å². The lowest BCUT2D eigenvalue weighted by atomic mass is 10.1. The smallest absolute Gasteiger partial charge is 0.237 e. The van der Waals surface area contributed by atoms with Crippen molar-refractivity contribution in [2.45, 2.75) is 49.2 Å². The van der Waals surface area contributed by atoms with E-state index in [-0.39, 0.29) is 11.9 Å². The molecule has 2 aliphatic rings. The van der Waals surface area contributed by atoms with E-state index in [1.165, 1.54) is 6.42 Å². The molecular weight excluding hydrogens is 320 g/mol. The van der Waals surface area contributed by atoms with Crippen molar-refractivity contribution in [2.24, 2.45) is 5.92 Å². The van der Waals surface area contributed by atoms with Gasteiger partial charge in [-0.25, -0.2) is 4.98 Å². The lowest BCUT2D eigenvalue weighted by Gasteiger charge is -2.21. The Hall–Kier alpha value is -1.58. The number of carbonyl (C=O) groups is 1. The largest absolute Gasteiger partial charge is 0.326 e. The number of aromatic nitrogens is 1. The predicted molar refractivity (Wildman–Crippen MR) is 94.4 cm³/mol. The number of nitriles is 1. The Labute approximate surface area is 147 Å². The number of amides is 1. The van der Waals surface area contributed by atoms with E-state index in [0.29, 0.717) is 18.5 Å². The minimum atomic E-state index is -0.217. The van der Waals surface area contributed by atoms with Crippen molar-refractivity contribution in [1.29, 1.82) is 5.26 Å². The van der Waals surface area contributed by atoms with Gasteiger partial charge in [0.25, 0.3) is 0 Å². The van der Waals surface area contributed by atoms with E-state index >= 15 is 0 Å². The van der Waals surface area contributed by atoms with Gasteiger partial charge in [0, 0.05) is 24.5 Å². The Bertz CT molecular complexity index is 588. The minimum Gasteiger partial charge on any atom is -0.326 e. The van der Waals surface area contributed by atoms with Crippen LogP contribution in [0.15, 0.2) is 29.4 Å². The molecular formula is C18H24N4OS. The fourth-order valence-electron chi connectivity index (χ4n) is 3.58. The summed E-state index contributed by atoms with van der Waals surface area (Å²) >= 11 is 1.82. The summed E-state index contributed by atoms with van der Waals surface area (Å²) in [5, 5.41) is 13.6. The Morgan fingerprint density at radius 2 is 2.33 bits per heavy atom. The molecule has 1 aromatic rings. The van der Waals surface area contributed by atoms with E-state index in [2.05, 4.69) is 22.4 Å². The molecule has 1 saturated heterocycles. The molecule has 2 fully saturated rings. The lowest BCUT2D eigenvalue weighted by molar-refractivity contribution is -0.130. The highest BCUT2D eigenvalue weighted by atomic mass is 32.2. The fraction of sp³-hybridized carbons (Fsp3) is 0.611. The van der Waals surface area contributed by atoms with Gasteiger partial charge in [-0.05, 0) is 50.2 Å². The molecule has 0 spiro atoms. The zero-order valence-electron chi connectivity index (χ0n) is 13.9. The normalized spacial score (nSPS) is 26.5. The molecule has 1 aromatic heterocycles. The molecule has 0 bridgehead atoms. The number of pyridine rings is 1.